The Morgan fingerprint density at radius 3 is 2.68 bits per heavy atom. The summed E-state index contributed by atoms with van der Waals surface area (Å²) < 4.78 is 0. The number of benzene rings is 1. The number of hydrogen-bond donors (Lipinski definition) is 3. The number of guanidine groups is 1. The summed E-state index contributed by atoms with van der Waals surface area (Å²) in [5.41, 5.74) is 9.57. The number of nitrogens with one attached hydrogen (secondary N) is 2. The molecule has 8 heteroatoms. The number of piperidine rings is 1. The summed E-state index contributed by atoms with van der Waals surface area (Å²) in [6.45, 7) is 7.75. The van der Waals surface area contributed by atoms with Crippen LogP contribution in [0.2, 0.25) is 0 Å². The zero-order chi connectivity index (χ0) is 21.4. The van der Waals surface area contributed by atoms with Gasteiger partial charge in [0.2, 0.25) is 5.96 Å². The van der Waals surface area contributed by atoms with Crippen LogP contribution in [-0.2, 0) is 6.54 Å². The van der Waals surface area contributed by atoms with E-state index in [-0.39, 0.29) is 5.92 Å². The predicted molar refractivity (Wildman–Crippen MR) is 124 cm³/mol. The molecule has 0 radical (unpaired) electrons. The summed E-state index contributed by atoms with van der Waals surface area (Å²) in [5, 5.41) is 10.6. The van der Waals surface area contributed by atoms with E-state index in [1.54, 1.807) is 0 Å². The highest BCUT2D eigenvalue weighted by molar-refractivity contribution is 6.00. The van der Waals surface area contributed by atoms with Gasteiger partial charge < -0.3 is 11.1 Å². The van der Waals surface area contributed by atoms with Crippen LogP contribution in [-0.4, -0.2) is 57.0 Å². The molecule has 0 saturated carbocycles. The largest absolute Gasteiger partial charge is 0.309 e. The Bertz CT molecular complexity index is 1030. The number of aromatic nitrogens is 2. The minimum atomic E-state index is -0.771. The van der Waals surface area contributed by atoms with E-state index in [0.717, 1.165) is 61.5 Å². The Labute approximate surface area is 182 Å². The Morgan fingerprint density at radius 1 is 1.19 bits per heavy atom. The third kappa shape index (κ3) is 4.13. The van der Waals surface area contributed by atoms with Crippen LogP contribution in [0.25, 0.3) is 0 Å². The fraction of sp³-hybridized carbons (Fsp3) is 0.435. The first kappa shape index (κ1) is 20.0. The number of aryl methyl sites for hydroxylation is 1. The molecular weight excluding hydrogens is 388 g/mol. The second-order valence-electron chi connectivity index (χ2n) is 8.86. The van der Waals surface area contributed by atoms with Gasteiger partial charge in [0.05, 0.1) is 6.54 Å². The maximum atomic E-state index is 6.94. The van der Waals surface area contributed by atoms with Crippen molar-refractivity contribution >= 4 is 17.5 Å². The smallest absolute Gasteiger partial charge is 0.208 e. The molecule has 1 fully saturated rings. The van der Waals surface area contributed by atoms with Gasteiger partial charge in [-0.3, -0.25) is 14.9 Å². The van der Waals surface area contributed by atoms with Gasteiger partial charge in [-0.1, -0.05) is 30.3 Å². The maximum absolute atomic E-state index is 6.94. The van der Waals surface area contributed by atoms with Gasteiger partial charge in [0.25, 0.3) is 0 Å². The first-order chi connectivity index (χ1) is 15.0. The molecule has 8 nitrogen and oxygen atoms in total. The van der Waals surface area contributed by atoms with E-state index in [0.29, 0.717) is 6.54 Å². The van der Waals surface area contributed by atoms with Crippen molar-refractivity contribution in [2.24, 2.45) is 21.6 Å². The van der Waals surface area contributed by atoms with Crippen LogP contribution in [0.3, 0.4) is 0 Å². The molecule has 0 aliphatic carbocycles. The van der Waals surface area contributed by atoms with E-state index in [1.807, 2.05) is 19.9 Å². The maximum Gasteiger partial charge on any atom is 0.208 e. The molecule has 162 valence electrons. The monoisotopic (exact) mass is 418 g/mol. The van der Waals surface area contributed by atoms with Gasteiger partial charge in [0.15, 0.2) is 5.82 Å². The number of hydrogen-bond acceptors (Lipinski definition) is 7. The minimum absolute atomic E-state index is 0.267. The van der Waals surface area contributed by atoms with E-state index in [9.17, 15) is 0 Å². The van der Waals surface area contributed by atoms with E-state index in [4.69, 9.17) is 15.7 Å². The molecular formula is C23H30N8. The number of rotatable bonds is 4. The number of fused-ring (bicyclic) bond motifs is 1. The highest BCUT2D eigenvalue weighted by atomic mass is 15.4. The number of nitrogens with two attached hydrogens (primary N) is 1. The molecule has 0 bridgehead atoms. The van der Waals surface area contributed by atoms with Crippen molar-refractivity contribution in [3.05, 3.63) is 59.6 Å². The fourth-order valence-corrected chi connectivity index (χ4v) is 4.67. The van der Waals surface area contributed by atoms with Gasteiger partial charge in [0, 0.05) is 36.0 Å². The van der Waals surface area contributed by atoms with E-state index in [2.05, 4.69) is 61.7 Å². The third-order valence-corrected chi connectivity index (χ3v) is 6.32. The fourth-order valence-electron chi connectivity index (χ4n) is 4.67. The van der Waals surface area contributed by atoms with Crippen LogP contribution >= 0.6 is 0 Å². The molecule has 4 heterocycles. The highest BCUT2D eigenvalue weighted by Gasteiger charge is 2.41. The molecule has 1 unspecified atom stereocenters. The van der Waals surface area contributed by atoms with Crippen LogP contribution in [0, 0.1) is 12.8 Å². The van der Waals surface area contributed by atoms with E-state index < -0.39 is 5.66 Å². The summed E-state index contributed by atoms with van der Waals surface area (Å²) in [7, 11) is 0. The Kier molecular flexibility index (Phi) is 5.11. The molecule has 4 N–H and O–H groups in total. The van der Waals surface area contributed by atoms with Gasteiger partial charge in [-0.25, -0.2) is 9.98 Å². The van der Waals surface area contributed by atoms with E-state index in [1.165, 1.54) is 5.56 Å². The van der Waals surface area contributed by atoms with Gasteiger partial charge in [0.1, 0.15) is 11.5 Å². The topological polar surface area (TPSA) is 97.9 Å². The molecule has 5 rings (SSSR count). The van der Waals surface area contributed by atoms with Crippen molar-refractivity contribution in [3.8, 4) is 0 Å². The summed E-state index contributed by atoms with van der Waals surface area (Å²) in [5.74, 6) is 2.61. The molecule has 1 aromatic heterocycles. The van der Waals surface area contributed by atoms with Crippen LogP contribution in [0.5, 0.6) is 0 Å². The molecule has 1 aromatic carbocycles. The third-order valence-electron chi connectivity index (χ3n) is 6.32. The lowest BCUT2D eigenvalue weighted by molar-refractivity contribution is 0.142. The molecule has 0 spiro atoms. The lowest BCUT2D eigenvalue weighted by atomic mass is 9.84. The van der Waals surface area contributed by atoms with Crippen molar-refractivity contribution < 1.29 is 0 Å². The van der Waals surface area contributed by atoms with Gasteiger partial charge in [-0.05, 0) is 45.3 Å². The van der Waals surface area contributed by atoms with Crippen LogP contribution in [0.1, 0.15) is 31.0 Å². The van der Waals surface area contributed by atoms with Gasteiger partial charge in [-0.2, -0.15) is 5.10 Å². The molecule has 3 aliphatic heterocycles. The molecule has 1 saturated heterocycles. The lowest BCUT2D eigenvalue weighted by Gasteiger charge is -2.41. The molecule has 31 heavy (non-hydrogen) atoms. The van der Waals surface area contributed by atoms with Crippen LogP contribution in [0.4, 0.5) is 5.82 Å². The molecule has 3 aliphatic rings. The van der Waals surface area contributed by atoms with Crippen molar-refractivity contribution in [1.29, 1.82) is 0 Å². The normalized spacial score (nSPS) is 24.5. The average molecular weight is 419 g/mol. The first-order valence-electron chi connectivity index (χ1n) is 11.0. The zero-order valence-corrected chi connectivity index (χ0v) is 18.2. The quantitative estimate of drug-likeness (QED) is 0.709. The van der Waals surface area contributed by atoms with Gasteiger partial charge in [-0.15, -0.1) is 0 Å². The summed E-state index contributed by atoms with van der Waals surface area (Å²) >= 11 is 0. The van der Waals surface area contributed by atoms with Crippen molar-refractivity contribution in [2.75, 3.05) is 25.0 Å². The SMILES string of the molecule is CC1=NC2=CC(N)(C3CCN(Cc4ccccc4)CC3)N=C(Nc3cc(C)[nH]n3)N2C1. The van der Waals surface area contributed by atoms with Crippen molar-refractivity contribution in [1.82, 2.24) is 20.0 Å². The van der Waals surface area contributed by atoms with Crippen LogP contribution in [0.15, 0.2) is 58.3 Å². The number of nitrogens with zero attached hydrogens (tertiary/aromatic N) is 5. The molecule has 2 aromatic rings. The Morgan fingerprint density at radius 2 is 1.97 bits per heavy atom. The molecule has 1 atom stereocenters. The first-order valence-corrected chi connectivity index (χ1v) is 11.0. The standard InChI is InChI=1S/C23H30N8/c1-16-12-20(29-28-16)26-22-27-23(24,13-21-25-17(2)14-31(21)22)19-8-10-30(11-9-19)15-18-6-4-3-5-7-18/h3-7,12-13,19H,8-11,14-15,24H2,1-2H3,(H2,26,27,28,29). The Balaban J connectivity index is 1.33. The number of aliphatic imine (C=N–C) groups is 2. The van der Waals surface area contributed by atoms with E-state index >= 15 is 0 Å². The number of H-pyrrole nitrogens is 1. The molecule has 0 amide bonds. The van der Waals surface area contributed by atoms with Crippen molar-refractivity contribution in [3.63, 3.8) is 0 Å². The van der Waals surface area contributed by atoms with Crippen LogP contribution < -0.4 is 11.1 Å². The van der Waals surface area contributed by atoms with Gasteiger partial charge >= 0.3 is 0 Å². The summed E-state index contributed by atoms with van der Waals surface area (Å²) in [6.07, 6.45) is 4.07. The second-order valence-corrected chi connectivity index (χ2v) is 8.86. The highest BCUT2D eigenvalue weighted by Crippen LogP contribution is 2.35. The number of anilines is 1. The zero-order valence-electron chi connectivity index (χ0n) is 18.2. The summed E-state index contributed by atoms with van der Waals surface area (Å²) in [6, 6.07) is 12.6. The summed E-state index contributed by atoms with van der Waals surface area (Å²) in [4.78, 5) is 14.3. The average Bonchev–Trinajstić information content (AvgIpc) is 3.33. The number of aromatic amines is 1. The lowest BCUT2D eigenvalue weighted by Crippen LogP contribution is -2.53. The predicted octanol–water partition coefficient (Wildman–Crippen LogP) is 2.68. The Hall–Kier alpha value is -2.97. The second kappa shape index (κ2) is 7.94. The number of likely N-dealkylation sites (tertiary alicyclic amines) is 1. The minimum Gasteiger partial charge on any atom is -0.309 e. The van der Waals surface area contributed by atoms with Crippen molar-refractivity contribution in [2.45, 2.75) is 38.9 Å².